The SMILES string of the molecule is CC(=O)c1cccc(OCc2ccc3ccc(Cl)cc3n2)c1. The number of halogens is 1. The van der Waals surface area contributed by atoms with Crippen LogP contribution in [0.1, 0.15) is 23.0 Å². The number of aromatic nitrogens is 1. The molecule has 3 aromatic rings. The van der Waals surface area contributed by atoms with E-state index in [4.69, 9.17) is 16.3 Å². The van der Waals surface area contributed by atoms with E-state index < -0.39 is 0 Å². The Hall–Kier alpha value is -2.39. The maximum absolute atomic E-state index is 11.4. The third kappa shape index (κ3) is 3.26. The molecule has 0 saturated carbocycles. The minimum Gasteiger partial charge on any atom is -0.487 e. The van der Waals surface area contributed by atoms with Gasteiger partial charge in [-0.15, -0.1) is 0 Å². The van der Waals surface area contributed by atoms with Crippen LogP contribution in [0, 0.1) is 0 Å². The fraction of sp³-hybridized carbons (Fsp3) is 0.111. The summed E-state index contributed by atoms with van der Waals surface area (Å²) in [6.45, 7) is 1.87. The summed E-state index contributed by atoms with van der Waals surface area (Å²) in [7, 11) is 0. The first kappa shape index (κ1) is 14.5. The molecule has 0 fully saturated rings. The highest BCUT2D eigenvalue weighted by atomic mass is 35.5. The molecule has 0 aliphatic heterocycles. The lowest BCUT2D eigenvalue weighted by Gasteiger charge is -2.08. The van der Waals surface area contributed by atoms with Gasteiger partial charge in [0.25, 0.3) is 0 Å². The summed E-state index contributed by atoms with van der Waals surface area (Å²) in [5.74, 6) is 0.671. The minimum atomic E-state index is 0.0175. The van der Waals surface area contributed by atoms with Crippen LogP contribution in [-0.2, 0) is 6.61 Å². The van der Waals surface area contributed by atoms with E-state index in [1.807, 2.05) is 36.4 Å². The summed E-state index contributed by atoms with van der Waals surface area (Å²) in [5.41, 5.74) is 2.28. The Morgan fingerprint density at radius 2 is 1.95 bits per heavy atom. The molecule has 3 nitrogen and oxygen atoms in total. The van der Waals surface area contributed by atoms with Crippen molar-refractivity contribution in [3.63, 3.8) is 0 Å². The van der Waals surface area contributed by atoms with Gasteiger partial charge in [0.1, 0.15) is 12.4 Å². The first-order chi connectivity index (χ1) is 10.6. The molecule has 0 radical (unpaired) electrons. The quantitative estimate of drug-likeness (QED) is 0.657. The Morgan fingerprint density at radius 1 is 1.14 bits per heavy atom. The van der Waals surface area contributed by atoms with Crippen LogP contribution in [0.5, 0.6) is 5.75 Å². The van der Waals surface area contributed by atoms with Gasteiger partial charge in [0, 0.05) is 16.0 Å². The number of benzene rings is 2. The van der Waals surface area contributed by atoms with Gasteiger partial charge < -0.3 is 4.74 Å². The van der Waals surface area contributed by atoms with E-state index in [1.54, 1.807) is 18.2 Å². The third-order valence-electron chi connectivity index (χ3n) is 3.34. The summed E-state index contributed by atoms with van der Waals surface area (Å²) in [6.07, 6.45) is 0. The van der Waals surface area contributed by atoms with Gasteiger partial charge in [0.15, 0.2) is 5.78 Å². The lowest BCUT2D eigenvalue weighted by atomic mass is 10.1. The number of Topliss-reactive ketones (excluding diaryl/α,β-unsaturated/α-hetero) is 1. The van der Waals surface area contributed by atoms with Crippen LogP contribution in [0.2, 0.25) is 5.02 Å². The Morgan fingerprint density at radius 3 is 2.77 bits per heavy atom. The Kier molecular flexibility index (Phi) is 4.07. The predicted octanol–water partition coefficient (Wildman–Crippen LogP) is 4.67. The van der Waals surface area contributed by atoms with Crippen molar-refractivity contribution in [2.75, 3.05) is 0 Å². The molecule has 0 saturated heterocycles. The van der Waals surface area contributed by atoms with E-state index in [1.165, 1.54) is 6.92 Å². The number of carbonyl (C=O) groups excluding carboxylic acids is 1. The van der Waals surface area contributed by atoms with Crippen LogP contribution in [0.15, 0.2) is 54.6 Å². The van der Waals surface area contributed by atoms with Gasteiger partial charge in [-0.2, -0.15) is 0 Å². The van der Waals surface area contributed by atoms with E-state index in [0.29, 0.717) is 22.9 Å². The number of ether oxygens (including phenoxy) is 1. The topological polar surface area (TPSA) is 39.2 Å². The normalized spacial score (nSPS) is 10.6. The highest BCUT2D eigenvalue weighted by molar-refractivity contribution is 6.31. The smallest absolute Gasteiger partial charge is 0.159 e. The zero-order valence-corrected chi connectivity index (χ0v) is 12.8. The van der Waals surface area contributed by atoms with E-state index in [0.717, 1.165) is 16.6 Å². The second-order valence-corrected chi connectivity index (χ2v) is 5.45. The molecule has 0 aliphatic rings. The van der Waals surface area contributed by atoms with Crippen molar-refractivity contribution < 1.29 is 9.53 Å². The number of hydrogen-bond donors (Lipinski definition) is 0. The molecule has 0 aliphatic carbocycles. The molecule has 22 heavy (non-hydrogen) atoms. The zero-order chi connectivity index (χ0) is 15.5. The fourth-order valence-electron chi connectivity index (χ4n) is 2.18. The molecule has 0 unspecified atom stereocenters. The highest BCUT2D eigenvalue weighted by Gasteiger charge is 2.03. The van der Waals surface area contributed by atoms with Crippen LogP contribution in [0.3, 0.4) is 0 Å². The second-order valence-electron chi connectivity index (χ2n) is 5.01. The average Bonchev–Trinajstić information content (AvgIpc) is 2.52. The van der Waals surface area contributed by atoms with Gasteiger partial charge in [-0.1, -0.05) is 35.9 Å². The van der Waals surface area contributed by atoms with Crippen LogP contribution in [-0.4, -0.2) is 10.8 Å². The van der Waals surface area contributed by atoms with Crippen molar-refractivity contribution in [1.82, 2.24) is 4.98 Å². The lowest BCUT2D eigenvalue weighted by Crippen LogP contribution is -1.99. The number of hydrogen-bond acceptors (Lipinski definition) is 3. The van der Waals surface area contributed by atoms with Crippen LogP contribution in [0.25, 0.3) is 10.9 Å². The van der Waals surface area contributed by atoms with E-state index in [2.05, 4.69) is 4.98 Å². The molecule has 2 aromatic carbocycles. The molecule has 1 heterocycles. The van der Waals surface area contributed by atoms with Gasteiger partial charge in [-0.05, 0) is 37.3 Å². The van der Waals surface area contributed by atoms with Crippen molar-refractivity contribution >= 4 is 28.3 Å². The molecule has 0 amide bonds. The van der Waals surface area contributed by atoms with E-state index in [-0.39, 0.29) is 5.78 Å². The number of fused-ring (bicyclic) bond motifs is 1. The van der Waals surface area contributed by atoms with Crippen molar-refractivity contribution in [2.45, 2.75) is 13.5 Å². The summed E-state index contributed by atoms with van der Waals surface area (Å²) < 4.78 is 5.71. The number of rotatable bonds is 4. The summed E-state index contributed by atoms with van der Waals surface area (Å²) in [4.78, 5) is 15.9. The summed E-state index contributed by atoms with van der Waals surface area (Å²) in [5, 5.41) is 1.69. The zero-order valence-electron chi connectivity index (χ0n) is 12.0. The van der Waals surface area contributed by atoms with Gasteiger partial charge in [0.2, 0.25) is 0 Å². The standard InChI is InChI=1S/C18H14ClNO2/c1-12(21)14-3-2-4-17(9-14)22-11-16-8-6-13-5-7-15(19)10-18(13)20-16/h2-10H,11H2,1H3. The van der Waals surface area contributed by atoms with Crippen molar-refractivity contribution in [2.24, 2.45) is 0 Å². The first-order valence-electron chi connectivity index (χ1n) is 6.91. The van der Waals surface area contributed by atoms with Crippen LogP contribution < -0.4 is 4.74 Å². The highest BCUT2D eigenvalue weighted by Crippen LogP contribution is 2.19. The molecule has 0 atom stereocenters. The number of pyridine rings is 1. The number of nitrogens with zero attached hydrogens (tertiary/aromatic N) is 1. The Balaban J connectivity index is 1.78. The number of ketones is 1. The summed E-state index contributed by atoms with van der Waals surface area (Å²) >= 11 is 5.99. The molecule has 0 bridgehead atoms. The third-order valence-corrected chi connectivity index (χ3v) is 3.57. The predicted molar refractivity (Wildman–Crippen MR) is 87.5 cm³/mol. The molecule has 0 spiro atoms. The van der Waals surface area contributed by atoms with Gasteiger partial charge in [-0.3, -0.25) is 4.79 Å². The maximum atomic E-state index is 11.4. The van der Waals surface area contributed by atoms with Crippen LogP contribution >= 0.6 is 11.6 Å². The molecule has 3 rings (SSSR count). The monoisotopic (exact) mass is 311 g/mol. The molecule has 1 aromatic heterocycles. The second kappa shape index (κ2) is 6.16. The van der Waals surface area contributed by atoms with Gasteiger partial charge in [0.05, 0.1) is 11.2 Å². The largest absolute Gasteiger partial charge is 0.487 e. The maximum Gasteiger partial charge on any atom is 0.159 e. The average molecular weight is 312 g/mol. The van der Waals surface area contributed by atoms with Gasteiger partial charge in [-0.25, -0.2) is 4.98 Å². The molecular weight excluding hydrogens is 298 g/mol. The van der Waals surface area contributed by atoms with E-state index in [9.17, 15) is 4.79 Å². The minimum absolute atomic E-state index is 0.0175. The summed E-state index contributed by atoms with van der Waals surface area (Å²) in [6, 6.07) is 16.7. The first-order valence-corrected chi connectivity index (χ1v) is 7.28. The molecule has 110 valence electrons. The molecule has 0 N–H and O–H groups in total. The lowest BCUT2D eigenvalue weighted by molar-refractivity contribution is 0.101. The van der Waals surface area contributed by atoms with E-state index >= 15 is 0 Å². The fourth-order valence-corrected chi connectivity index (χ4v) is 2.34. The van der Waals surface area contributed by atoms with Crippen LogP contribution in [0.4, 0.5) is 0 Å². The van der Waals surface area contributed by atoms with Crippen molar-refractivity contribution in [3.05, 3.63) is 70.9 Å². The number of carbonyl (C=O) groups is 1. The molecule has 4 heteroatoms. The molecular formula is C18H14ClNO2. The van der Waals surface area contributed by atoms with Crippen molar-refractivity contribution in [3.8, 4) is 5.75 Å². The van der Waals surface area contributed by atoms with Crippen molar-refractivity contribution in [1.29, 1.82) is 0 Å². The Bertz CT molecular complexity index is 845. The van der Waals surface area contributed by atoms with Gasteiger partial charge >= 0.3 is 0 Å². The Labute approximate surface area is 133 Å².